The summed E-state index contributed by atoms with van der Waals surface area (Å²) in [6, 6.07) is 5.27. The van der Waals surface area contributed by atoms with Crippen LogP contribution in [0.3, 0.4) is 0 Å². The lowest BCUT2D eigenvalue weighted by atomic mass is 10.0. The molecule has 1 aromatic rings. The molecule has 0 radical (unpaired) electrons. The van der Waals surface area contributed by atoms with Crippen molar-refractivity contribution >= 4 is 11.6 Å². The number of phenols is 1. The molecule has 0 saturated carbocycles. The molecule has 0 amide bonds. The molecule has 2 atom stereocenters. The Morgan fingerprint density at radius 2 is 2.00 bits per heavy atom. The largest absolute Gasteiger partial charge is 0.508 e. The lowest BCUT2D eigenvalue weighted by Gasteiger charge is -2.17. The third kappa shape index (κ3) is 2.28. The molecule has 2 aliphatic rings. The van der Waals surface area contributed by atoms with E-state index in [1.54, 1.807) is 12.1 Å². The van der Waals surface area contributed by atoms with Crippen LogP contribution in [0.15, 0.2) is 18.2 Å². The van der Waals surface area contributed by atoms with E-state index < -0.39 is 0 Å². The minimum atomic E-state index is 0.351. The third-order valence-electron chi connectivity index (χ3n) is 3.90. The number of fused-ring (bicyclic) bond motifs is 1. The van der Waals surface area contributed by atoms with Gasteiger partial charge < -0.3 is 10.4 Å². The van der Waals surface area contributed by atoms with Crippen molar-refractivity contribution in [3.05, 3.63) is 28.8 Å². The molecule has 3 nitrogen and oxygen atoms in total. The van der Waals surface area contributed by atoms with E-state index >= 15 is 0 Å². The number of rotatable bonds is 2. The van der Waals surface area contributed by atoms with E-state index in [0.29, 0.717) is 10.8 Å². The fraction of sp³-hybridized carbons (Fsp3) is 0.538. The number of aromatic hydroxyl groups is 1. The van der Waals surface area contributed by atoms with Crippen LogP contribution in [0.5, 0.6) is 5.75 Å². The van der Waals surface area contributed by atoms with E-state index in [-0.39, 0.29) is 0 Å². The molecule has 2 fully saturated rings. The van der Waals surface area contributed by atoms with Crippen molar-refractivity contribution in [2.75, 3.05) is 26.2 Å². The first-order valence-corrected chi connectivity index (χ1v) is 6.50. The lowest BCUT2D eigenvalue weighted by Crippen LogP contribution is -2.25. The maximum Gasteiger partial charge on any atom is 0.120 e. The van der Waals surface area contributed by atoms with Gasteiger partial charge in [-0.2, -0.15) is 0 Å². The summed E-state index contributed by atoms with van der Waals surface area (Å²) in [4.78, 5) is 2.42. The smallest absolute Gasteiger partial charge is 0.120 e. The standard InChI is InChI=1S/C13H17ClN2O/c14-12-1-2-13(17)9(3-12)6-16-7-10-4-15-5-11(10)8-16/h1-3,10-11,15,17H,4-8H2/t10-,11+. The Labute approximate surface area is 106 Å². The molecule has 0 aromatic heterocycles. The normalized spacial score (nSPS) is 28.5. The van der Waals surface area contributed by atoms with Crippen molar-refractivity contribution in [2.45, 2.75) is 6.54 Å². The molecule has 3 rings (SSSR count). The monoisotopic (exact) mass is 252 g/mol. The summed E-state index contributed by atoms with van der Waals surface area (Å²) in [5.41, 5.74) is 0.936. The molecule has 2 N–H and O–H groups in total. The molecular weight excluding hydrogens is 236 g/mol. The Balaban J connectivity index is 1.69. The van der Waals surface area contributed by atoms with Crippen LogP contribution in [0.4, 0.5) is 0 Å². The van der Waals surface area contributed by atoms with Crippen molar-refractivity contribution in [2.24, 2.45) is 11.8 Å². The van der Waals surface area contributed by atoms with Crippen molar-refractivity contribution in [1.29, 1.82) is 0 Å². The van der Waals surface area contributed by atoms with Crippen LogP contribution in [0.25, 0.3) is 0 Å². The van der Waals surface area contributed by atoms with Crippen LogP contribution in [-0.2, 0) is 6.54 Å². The highest BCUT2D eigenvalue weighted by Crippen LogP contribution is 2.29. The van der Waals surface area contributed by atoms with Crippen LogP contribution >= 0.6 is 11.6 Å². The fourth-order valence-electron chi connectivity index (χ4n) is 3.00. The molecule has 2 aliphatic heterocycles. The molecule has 2 saturated heterocycles. The molecule has 0 unspecified atom stereocenters. The minimum absolute atomic E-state index is 0.351. The van der Waals surface area contributed by atoms with Crippen LogP contribution in [-0.4, -0.2) is 36.2 Å². The number of hydrogen-bond acceptors (Lipinski definition) is 3. The summed E-state index contributed by atoms with van der Waals surface area (Å²) in [7, 11) is 0. The number of nitrogens with zero attached hydrogens (tertiary/aromatic N) is 1. The summed E-state index contributed by atoms with van der Waals surface area (Å²) in [6.45, 7) is 5.35. The number of benzene rings is 1. The maximum atomic E-state index is 9.80. The first-order chi connectivity index (χ1) is 8.22. The predicted octanol–water partition coefficient (Wildman–Crippen LogP) is 1.70. The summed E-state index contributed by atoms with van der Waals surface area (Å²) >= 11 is 5.96. The second-order valence-corrected chi connectivity index (χ2v) is 5.58. The van der Waals surface area contributed by atoms with Crippen molar-refractivity contribution in [1.82, 2.24) is 10.2 Å². The number of phenolic OH excluding ortho intramolecular Hbond substituents is 1. The molecule has 92 valence electrons. The van der Waals surface area contributed by atoms with Crippen molar-refractivity contribution < 1.29 is 5.11 Å². The van der Waals surface area contributed by atoms with Gasteiger partial charge in [-0.3, -0.25) is 4.90 Å². The van der Waals surface area contributed by atoms with E-state index in [0.717, 1.165) is 50.1 Å². The van der Waals surface area contributed by atoms with E-state index in [2.05, 4.69) is 10.2 Å². The molecule has 1 aromatic carbocycles. The van der Waals surface area contributed by atoms with Crippen LogP contribution in [0, 0.1) is 11.8 Å². The zero-order chi connectivity index (χ0) is 11.8. The fourth-order valence-corrected chi connectivity index (χ4v) is 3.20. The Morgan fingerprint density at radius 1 is 1.29 bits per heavy atom. The lowest BCUT2D eigenvalue weighted by molar-refractivity contribution is 0.300. The quantitative estimate of drug-likeness (QED) is 0.841. The summed E-state index contributed by atoms with van der Waals surface area (Å²) < 4.78 is 0. The summed E-state index contributed by atoms with van der Waals surface area (Å²) in [5.74, 6) is 1.93. The average molecular weight is 253 g/mol. The Bertz CT molecular complexity index is 412. The number of hydrogen-bond donors (Lipinski definition) is 2. The van der Waals surface area contributed by atoms with E-state index in [1.807, 2.05) is 6.07 Å². The van der Waals surface area contributed by atoms with Gasteiger partial charge in [0.2, 0.25) is 0 Å². The molecule has 0 aliphatic carbocycles. The molecule has 4 heteroatoms. The highest BCUT2D eigenvalue weighted by molar-refractivity contribution is 6.30. The highest BCUT2D eigenvalue weighted by atomic mass is 35.5. The second-order valence-electron chi connectivity index (χ2n) is 5.15. The SMILES string of the molecule is Oc1ccc(Cl)cc1CN1C[C@H]2CNC[C@H]2C1. The van der Waals surface area contributed by atoms with Gasteiger partial charge in [0.1, 0.15) is 5.75 Å². The number of likely N-dealkylation sites (tertiary alicyclic amines) is 1. The summed E-state index contributed by atoms with van der Waals surface area (Å²) in [5, 5.41) is 13.9. The van der Waals surface area contributed by atoms with Crippen molar-refractivity contribution in [3.8, 4) is 5.75 Å². The predicted molar refractivity (Wildman–Crippen MR) is 68.2 cm³/mol. The maximum absolute atomic E-state index is 9.80. The van der Waals surface area contributed by atoms with Gasteiger partial charge in [0.25, 0.3) is 0 Å². The first kappa shape index (κ1) is 11.3. The molecule has 2 heterocycles. The van der Waals surface area contributed by atoms with Crippen LogP contribution in [0.2, 0.25) is 5.02 Å². The second kappa shape index (κ2) is 4.48. The average Bonchev–Trinajstić information content (AvgIpc) is 2.83. The summed E-state index contributed by atoms with van der Waals surface area (Å²) in [6.07, 6.45) is 0. The van der Waals surface area contributed by atoms with Gasteiger partial charge in [0.05, 0.1) is 0 Å². The highest BCUT2D eigenvalue weighted by Gasteiger charge is 2.35. The molecule has 0 bridgehead atoms. The Kier molecular flexibility index (Phi) is 2.99. The van der Waals surface area contributed by atoms with Gasteiger partial charge in [-0.1, -0.05) is 11.6 Å². The van der Waals surface area contributed by atoms with E-state index in [4.69, 9.17) is 11.6 Å². The Hall–Kier alpha value is -0.770. The van der Waals surface area contributed by atoms with Gasteiger partial charge in [0, 0.05) is 30.2 Å². The topological polar surface area (TPSA) is 35.5 Å². The zero-order valence-corrected chi connectivity index (χ0v) is 10.5. The molecule has 0 spiro atoms. The zero-order valence-electron chi connectivity index (χ0n) is 9.69. The van der Waals surface area contributed by atoms with Gasteiger partial charge in [-0.05, 0) is 43.1 Å². The van der Waals surface area contributed by atoms with E-state index in [1.165, 1.54) is 0 Å². The number of nitrogens with one attached hydrogen (secondary N) is 1. The number of halogens is 1. The van der Waals surface area contributed by atoms with Gasteiger partial charge >= 0.3 is 0 Å². The van der Waals surface area contributed by atoms with E-state index in [9.17, 15) is 5.11 Å². The van der Waals surface area contributed by atoms with Gasteiger partial charge in [0.15, 0.2) is 0 Å². The molecule has 17 heavy (non-hydrogen) atoms. The van der Waals surface area contributed by atoms with Crippen LogP contribution < -0.4 is 5.32 Å². The third-order valence-corrected chi connectivity index (χ3v) is 4.14. The van der Waals surface area contributed by atoms with Crippen LogP contribution in [0.1, 0.15) is 5.56 Å². The van der Waals surface area contributed by atoms with Gasteiger partial charge in [-0.15, -0.1) is 0 Å². The minimum Gasteiger partial charge on any atom is -0.508 e. The first-order valence-electron chi connectivity index (χ1n) is 6.13. The van der Waals surface area contributed by atoms with Crippen molar-refractivity contribution in [3.63, 3.8) is 0 Å². The Morgan fingerprint density at radius 3 is 2.71 bits per heavy atom. The van der Waals surface area contributed by atoms with Gasteiger partial charge in [-0.25, -0.2) is 0 Å². The molecular formula is C13H17ClN2O.